The molecular formula is C20H16B2O8. The third-order valence-electron chi connectivity index (χ3n) is 4.13. The molecule has 3 aromatic rings. The molecule has 150 valence electrons. The molecule has 0 aliphatic carbocycles. The molecule has 8 nitrogen and oxygen atoms in total. The van der Waals surface area contributed by atoms with E-state index in [2.05, 4.69) is 0 Å². The standard InChI is InChI=1S/C20H16B2O8/c23-19(13-1-5-15(6-2-13)21(25)26)29-17-9-11-18(12-10-17)30-20(24)14-3-7-16(8-4-14)22(27)28/h1-12,25-28H. The Balaban J connectivity index is 1.60. The summed E-state index contributed by atoms with van der Waals surface area (Å²) in [5.74, 6) is -0.811. The molecule has 0 atom stereocenters. The molecule has 0 aromatic heterocycles. The van der Waals surface area contributed by atoms with Crippen molar-refractivity contribution >= 4 is 37.1 Å². The molecular weight excluding hydrogens is 390 g/mol. The molecule has 0 fully saturated rings. The second kappa shape index (κ2) is 9.38. The highest BCUT2D eigenvalue weighted by molar-refractivity contribution is 6.58. The lowest BCUT2D eigenvalue weighted by Crippen LogP contribution is -2.29. The molecule has 0 heterocycles. The number of benzene rings is 3. The third kappa shape index (κ3) is 5.34. The molecule has 0 bridgehead atoms. The van der Waals surface area contributed by atoms with Crippen LogP contribution in [0, 0.1) is 0 Å². The molecule has 4 N–H and O–H groups in total. The molecule has 0 aliphatic heterocycles. The average Bonchev–Trinajstić information content (AvgIpc) is 2.75. The van der Waals surface area contributed by atoms with Gasteiger partial charge in [0, 0.05) is 0 Å². The van der Waals surface area contributed by atoms with Crippen molar-refractivity contribution in [3.8, 4) is 11.5 Å². The largest absolute Gasteiger partial charge is 0.488 e. The van der Waals surface area contributed by atoms with Crippen molar-refractivity contribution in [2.45, 2.75) is 0 Å². The van der Waals surface area contributed by atoms with E-state index < -0.39 is 26.2 Å². The number of ether oxygens (including phenoxy) is 2. The lowest BCUT2D eigenvalue weighted by Gasteiger charge is -2.08. The Kier molecular flexibility index (Phi) is 6.65. The Morgan fingerprint density at radius 2 is 0.833 bits per heavy atom. The van der Waals surface area contributed by atoms with E-state index in [0.717, 1.165) is 0 Å². The molecule has 10 heteroatoms. The van der Waals surface area contributed by atoms with Gasteiger partial charge in [0.2, 0.25) is 0 Å². The zero-order chi connectivity index (χ0) is 21.7. The molecule has 0 spiro atoms. The highest BCUT2D eigenvalue weighted by Gasteiger charge is 2.15. The second-order valence-electron chi connectivity index (χ2n) is 6.24. The summed E-state index contributed by atoms with van der Waals surface area (Å²) >= 11 is 0. The highest BCUT2D eigenvalue weighted by atomic mass is 16.5. The number of rotatable bonds is 6. The van der Waals surface area contributed by atoms with Crippen molar-refractivity contribution in [3.63, 3.8) is 0 Å². The lowest BCUT2D eigenvalue weighted by atomic mass is 9.80. The van der Waals surface area contributed by atoms with E-state index in [-0.39, 0.29) is 33.6 Å². The summed E-state index contributed by atoms with van der Waals surface area (Å²) in [5, 5.41) is 36.3. The maximum atomic E-state index is 12.2. The molecule has 0 saturated heterocycles. The Morgan fingerprint density at radius 1 is 0.533 bits per heavy atom. The van der Waals surface area contributed by atoms with E-state index in [4.69, 9.17) is 29.6 Å². The smallest absolute Gasteiger partial charge is 0.423 e. The van der Waals surface area contributed by atoms with Crippen LogP contribution in [0.3, 0.4) is 0 Å². The molecule has 3 aromatic carbocycles. The summed E-state index contributed by atoms with van der Waals surface area (Å²) in [6.07, 6.45) is 0. The second-order valence-corrected chi connectivity index (χ2v) is 6.24. The summed E-state index contributed by atoms with van der Waals surface area (Å²) in [6, 6.07) is 17.1. The fraction of sp³-hybridized carbons (Fsp3) is 0. The first-order valence-corrected chi connectivity index (χ1v) is 8.80. The first-order valence-electron chi connectivity index (χ1n) is 8.80. The fourth-order valence-corrected chi connectivity index (χ4v) is 2.49. The van der Waals surface area contributed by atoms with Crippen LogP contribution in [-0.2, 0) is 0 Å². The predicted octanol–water partition coefficient (Wildman–Crippen LogP) is -0.515. The number of esters is 2. The summed E-state index contributed by atoms with van der Waals surface area (Å²) < 4.78 is 10.5. The van der Waals surface area contributed by atoms with Crippen molar-refractivity contribution in [1.82, 2.24) is 0 Å². The van der Waals surface area contributed by atoms with Crippen molar-refractivity contribution < 1.29 is 39.2 Å². The van der Waals surface area contributed by atoms with Crippen LogP contribution in [0.4, 0.5) is 0 Å². The van der Waals surface area contributed by atoms with Crippen molar-refractivity contribution in [1.29, 1.82) is 0 Å². The minimum atomic E-state index is -1.62. The summed E-state index contributed by atoms with van der Waals surface area (Å²) in [5.41, 5.74) is 0.956. The first kappa shape index (κ1) is 21.3. The molecule has 0 radical (unpaired) electrons. The van der Waals surface area contributed by atoms with Crippen molar-refractivity contribution in [3.05, 3.63) is 83.9 Å². The van der Waals surface area contributed by atoms with E-state index in [0.29, 0.717) is 0 Å². The van der Waals surface area contributed by atoms with Gasteiger partial charge in [0.1, 0.15) is 11.5 Å². The Hall–Kier alpha value is -3.43. The van der Waals surface area contributed by atoms with Gasteiger partial charge in [-0.3, -0.25) is 0 Å². The van der Waals surface area contributed by atoms with E-state index in [1.54, 1.807) is 0 Å². The Bertz CT molecular complexity index is 932. The van der Waals surface area contributed by atoms with E-state index >= 15 is 0 Å². The SMILES string of the molecule is O=C(Oc1ccc(OC(=O)c2ccc(B(O)O)cc2)cc1)c1ccc(B(O)O)cc1. The summed E-state index contributed by atoms with van der Waals surface area (Å²) in [7, 11) is -3.24. The molecule has 0 amide bonds. The van der Waals surface area contributed by atoms with Crippen LogP contribution in [-0.4, -0.2) is 46.3 Å². The van der Waals surface area contributed by atoms with Crippen LogP contribution >= 0.6 is 0 Å². The van der Waals surface area contributed by atoms with Crippen molar-refractivity contribution in [2.75, 3.05) is 0 Å². The zero-order valence-corrected chi connectivity index (χ0v) is 15.5. The van der Waals surface area contributed by atoms with Crippen LogP contribution in [0.15, 0.2) is 72.8 Å². The number of hydrogen-bond donors (Lipinski definition) is 4. The molecule has 3 rings (SSSR count). The number of carbonyl (C=O) groups excluding carboxylic acids is 2. The minimum absolute atomic E-state index is 0.228. The first-order chi connectivity index (χ1) is 14.3. The molecule has 0 unspecified atom stereocenters. The fourth-order valence-electron chi connectivity index (χ4n) is 2.49. The topological polar surface area (TPSA) is 134 Å². The summed E-state index contributed by atoms with van der Waals surface area (Å²) in [4.78, 5) is 24.3. The van der Waals surface area contributed by atoms with Crippen LogP contribution in [0.5, 0.6) is 11.5 Å². The van der Waals surface area contributed by atoms with Gasteiger partial charge in [-0.25, -0.2) is 9.59 Å². The van der Waals surface area contributed by atoms with E-state index in [9.17, 15) is 9.59 Å². The van der Waals surface area contributed by atoms with Gasteiger partial charge in [-0.15, -0.1) is 0 Å². The quantitative estimate of drug-likeness (QED) is 0.244. The lowest BCUT2D eigenvalue weighted by molar-refractivity contribution is 0.0719. The van der Waals surface area contributed by atoms with E-state index in [1.807, 2.05) is 0 Å². The van der Waals surface area contributed by atoms with Gasteiger partial charge in [-0.2, -0.15) is 0 Å². The molecule has 30 heavy (non-hydrogen) atoms. The maximum Gasteiger partial charge on any atom is 0.488 e. The van der Waals surface area contributed by atoms with Gasteiger partial charge in [-0.05, 0) is 59.5 Å². The van der Waals surface area contributed by atoms with Gasteiger partial charge < -0.3 is 29.6 Å². The van der Waals surface area contributed by atoms with Gasteiger partial charge in [0.05, 0.1) is 11.1 Å². The zero-order valence-electron chi connectivity index (χ0n) is 15.5. The van der Waals surface area contributed by atoms with Crippen LogP contribution in [0.2, 0.25) is 0 Å². The van der Waals surface area contributed by atoms with Gasteiger partial charge >= 0.3 is 26.2 Å². The summed E-state index contributed by atoms with van der Waals surface area (Å²) in [6.45, 7) is 0. The van der Waals surface area contributed by atoms with Crippen LogP contribution in [0.25, 0.3) is 0 Å². The van der Waals surface area contributed by atoms with Crippen LogP contribution in [0.1, 0.15) is 20.7 Å². The molecule has 0 aliphatic rings. The number of hydrogen-bond acceptors (Lipinski definition) is 8. The van der Waals surface area contributed by atoms with Gasteiger partial charge in [-0.1, -0.05) is 24.3 Å². The highest BCUT2D eigenvalue weighted by Crippen LogP contribution is 2.19. The predicted molar refractivity (Wildman–Crippen MR) is 109 cm³/mol. The van der Waals surface area contributed by atoms with Gasteiger partial charge in [0.25, 0.3) is 0 Å². The van der Waals surface area contributed by atoms with Crippen LogP contribution < -0.4 is 20.4 Å². The average molecular weight is 406 g/mol. The monoisotopic (exact) mass is 406 g/mol. The van der Waals surface area contributed by atoms with Gasteiger partial charge in [0.15, 0.2) is 0 Å². The number of carbonyl (C=O) groups is 2. The Morgan fingerprint density at radius 3 is 1.10 bits per heavy atom. The van der Waals surface area contributed by atoms with E-state index in [1.165, 1.54) is 72.8 Å². The van der Waals surface area contributed by atoms with Crippen molar-refractivity contribution in [2.24, 2.45) is 0 Å². The Labute approximate surface area is 172 Å². The maximum absolute atomic E-state index is 12.2. The third-order valence-corrected chi connectivity index (χ3v) is 4.13. The normalized spacial score (nSPS) is 10.3. The molecule has 0 saturated carbocycles. The minimum Gasteiger partial charge on any atom is -0.423 e.